The van der Waals surface area contributed by atoms with Crippen LogP contribution < -0.4 is 0 Å². The first kappa shape index (κ1) is 14.3. The third kappa shape index (κ3) is 2.99. The SMILES string of the molecule is O=C(c1nc2ccccc2[nH]1)N(CCO)Cc1ccccc1. The molecule has 0 unspecified atom stereocenters. The van der Waals surface area contributed by atoms with Crippen molar-refractivity contribution in [3.05, 3.63) is 66.0 Å². The van der Waals surface area contributed by atoms with Gasteiger partial charge in [-0.2, -0.15) is 0 Å². The second-order valence-electron chi connectivity index (χ2n) is 5.04. The van der Waals surface area contributed by atoms with Crippen LogP contribution >= 0.6 is 0 Å². The number of hydrogen-bond donors (Lipinski definition) is 2. The van der Waals surface area contributed by atoms with Crippen LogP contribution in [0.1, 0.15) is 16.2 Å². The minimum Gasteiger partial charge on any atom is -0.395 e. The van der Waals surface area contributed by atoms with Crippen molar-refractivity contribution in [2.24, 2.45) is 0 Å². The highest BCUT2D eigenvalue weighted by Crippen LogP contribution is 2.13. The van der Waals surface area contributed by atoms with E-state index in [1.807, 2.05) is 54.6 Å². The van der Waals surface area contributed by atoms with Crippen molar-refractivity contribution in [2.75, 3.05) is 13.2 Å². The number of rotatable bonds is 5. The molecule has 0 saturated carbocycles. The molecule has 22 heavy (non-hydrogen) atoms. The monoisotopic (exact) mass is 295 g/mol. The van der Waals surface area contributed by atoms with Crippen molar-refractivity contribution in [3.8, 4) is 0 Å². The minimum absolute atomic E-state index is 0.0845. The fraction of sp³-hybridized carbons (Fsp3) is 0.176. The van der Waals surface area contributed by atoms with E-state index in [1.165, 1.54) is 0 Å². The number of aromatic amines is 1. The molecule has 112 valence electrons. The van der Waals surface area contributed by atoms with E-state index < -0.39 is 0 Å². The first-order chi connectivity index (χ1) is 10.8. The molecule has 5 heteroatoms. The van der Waals surface area contributed by atoms with E-state index in [2.05, 4.69) is 9.97 Å². The second-order valence-corrected chi connectivity index (χ2v) is 5.04. The van der Waals surface area contributed by atoms with Gasteiger partial charge in [0.1, 0.15) is 0 Å². The molecule has 0 bridgehead atoms. The van der Waals surface area contributed by atoms with Crippen molar-refractivity contribution in [3.63, 3.8) is 0 Å². The van der Waals surface area contributed by atoms with Crippen LogP contribution in [0.4, 0.5) is 0 Å². The van der Waals surface area contributed by atoms with Crippen LogP contribution in [0.3, 0.4) is 0 Å². The number of para-hydroxylation sites is 2. The number of carbonyl (C=O) groups excluding carboxylic acids is 1. The number of nitrogens with one attached hydrogen (secondary N) is 1. The zero-order chi connectivity index (χ0) is 15.4. The van der Waals surface area contributed by atoms with Gasteiger partial charge < -0.3 is 15.0 Å². The highest BCUT2D eigenvalue weighted by molar-refractivity contribution is 5.94. The molecule has 3 aromatic rings. The van der Waals surface area contributed by atoms with Gasteiger partial charge in [-0.25, -0.2) is 4.98 Å². The second kappa shape index (κ2) is 6.41. The number of aromatic nitrogens is 2. The molecule has 0 radical (unpaired) electrons. The number of amides is 1. The average Bonchev–Trinajstić information content (AvgIpc) is 2.99. The highest BCUT2D eigenvalue weighted by atomic mass is 16.3. The zero-order valence-corrected chi connectivity index (χ0v) is 12.1. The summed E-state index contributed by atoms with van der Waals surface area (Å²) in [5.74, 6) is 0.0830. The molecule has 0 fully saturated rings. The predicted octanol–water partition coefficient (Wildman–Crippen LogP) is 2.20. The molecule has 3 rings (SSSR count). The van der Waals surface area contributed by atoms with E-state index in [0.717, 1.165) is 16.6 Å². The molecule has 1 amide bonds. The molecule has 0 aliphatic heterocycles. The normalized spacial score (nSPS) is 10.8. The van der Waals surface area contributed by atoms with Gasteiger partial charge in [0.2, 0.25) is 0 Å². The van der Waals surface area contributed by atoms with Crippen molar-refractivity contribution < 1.29 is 9.90 Å². The van der Waals surface area contributed by atoms with Gasteiger partial charge in [0.15, 0.2) is 5.82 Å². The van der Waals surface area contributed by atoms with Gasteiger partial charge in [0, 0.05) is 13.1 Å². The number of aliphatic hydroxyl groups excluding tert-OH is 1. The lowest BCUT2D eigenvalue weighted by Crippen LogP contribution is -2.33. The number of imidazole rings is 1. The summed E-state index contributed by atoms with van der Waals surface area (Å²) in [6.45, 7) is 0.626. The molecule has 0 aliphatic carbocycles. The van der Waals surface area contributed by atoms with Gasteiger partial charge in [-0.05, 0) is 17.7 Å². The van der Waals surface area contributed by atoms with E-state index in [9.17, 15) is 9.90 Å². The molecule has 0 atom stereocenters. The largest absolute Gasteiger partial charge is 0.395 e. The first-order valence-corrected chi connectivity index (χ1v) is 7.17. The molecule has 0 spiro atoms. The molecular weight excluding hydrogens is 278 g/mol. The Labute approximate surface area is 128 Å². The van der Waals surface area contributed by atoms with Crippen molar-refractivity contribution >= 4 is 16.9 Å². The lowest BCUT2D eigenvalue weighted by atomic mass is 10.2. The Bertz CT molecular complexity index is 735. The molecule has 2 N–H and O–H groups in total. The summed E-state index contributed by atoms with van der Waals surface area (Å²) in [6, 6.07) is 17.2. The van der Waals surface area contributed by atoms with Gasteiger partial charge in [-0.15, -0.1) is 0 Å². The van der Waals surface area contributed by atoms with Crippen LogP contribution in [0.15, 0.2) is 54.6 Å². The van der Waals surface area contributed by atoms with Crippen LogP contribution in [0.2, 0.25) is 0 Å². The molecule has 0 saturated heterocycles. The number of benzene rings is 2. The Hall–Kier alpha value is -2.66. The summed E-state index contributed by atoms with van der Waals surface area (Å²) in [4.78, 5) is 21.6. The number of fused-ring (bicyclic) bond motifs is 1. The molecule has 1 heterocycles. The minimum atomic E-state index is -0.214. The van der Waals surface area contributed by atoms with E-state index in [0.29, 0.717) is 12.4 Å². The van der Waals surface area contributed by atoms with Gasteiger partial charge in [0.05, 0.1) is 17.6 Å². The van der Waals surface area contributed by atoms with Crippen LogP contribution in [0.25, 0.3) is 11.0 Å². The lowest BCUT2D eigenvalue weighted by molar-refractivity contribution is 0.0697. The number of H-pyrrole nitrogens is 1. The van der Waals surface area contributed by atoms with Crippen molar-refractivity contribution in [1.82, 2.24) is 14.9 Å². The molecule has 2 aromatic carbocycles. The third-order valence-electron chi connectivity index (χ3n) is 3.47. The maximum absolute atomic E-state index is 12.6. The predicted molar refractivity (Wildman–Crippen MR) is 84.4 cm³/mol. The number of carbonyl (C=O) groups is 1. The summed E-state index contributed by atoms with van der Waals surface area (Å²) in [5.41, 5.74) is 2.60. The van der Waals surface area contributed by atoms with Gasteiger partial charge in [0.25, 0.3) is 5.91 Å². The molecule has 5 nitrogen and oxygen atoms in total. The Morgan fingerprint density at radius 3 is 2.55 bits per heavy atom. The Morgan fingerprint density at radius 1 is 1.09 bits per heavy atom. The number of hydrogen-bond acceptors (Lipinski definition) is 3. The van der Waals surface area contributed by atoms with Crippen LogP contribution in [-0.4, -0.2) is 39.0 Å². The smallest absolute Gasteiger partial charge is 0.290 e. The lowest BCUT2D eigenvalue weighted by Gasteiger charge is -2.20. The quantitative estimate of drug-likeness (QED) is 0.758. The van der Waals surface area contributed by atoms with Gasteiger partial charge in [-0.3, -0.25) is 4.79 Å². The fourth-order valence-electron chi connectivity index (χ4n) is 2.38. The summed E-state index contributed by atoms with van der Waals surface area (Å²) in [5, 5.41) is 9.23. The summed E-state index contributed by atoms with van der Waals surface area (Å²) >= 11 is 0. The van der Waals surface area contributed by atoms with Gasteiger partial charge >= 0.3 is 0 Å². The zero-order valence-electron chi connectivity index (χ0n) is 12.1. The molecule has 0 aliphatic rings. The van der Waals surface area contributed by atoms with E-state index in [4.69, 9.17) is 0 Å². The Balaban J connectivity index is 1.85. The van der Waals surface area contributed by atoms with E-state index >= 15 is 0 Å². The summed E-state index contributed by atoms with van der Waals surface area (Å²) in [7, 11) is 0. The molecule has 1 aromatic heterocycles. The van der Waals surface area contributed by atoms with Crippen LogP contribution in [0.5, 0.6) is 0 Å². The highest BCUT2D eigenvalue weighted by Gasteiger charge is 2.19. The van der Waals surface area contributed by atoms with E-state index in [-0.39, 0.29) is 19.1 Å². The third-order valence-corrected chi connectivity index (χ3v) is 3.47. The van der Waals surface area contributed by atoms with Crippen molar-refractivity contribution in [1.29, 1.82) is 0 Å². The standard InChI is InChI=1S/C17H17N3O2/c21-11-10-20(12-13-6-2-1-3-7-13)17(22)16-18-14-8-4-5-9-15(14)19-16/h1-9,21H,10-12H2,(H,18,19). The molecular formula is C17H17N3O2. The average molecular weight is 295 g/mol. The first-order valence-electron chi connectivity index (χ1n) is 7.17. The number of aliphatic hydroxyl groups is 1. The van der Waals surface area contributed by atoms with Crippen LogP contribution in [0, 0.1) is 0 Å². The van der Waals surface area contributed by atoms with E-state index in [1.54, 1.807) is 4.90 Å². The van der Waals surface area contributed by atoms with Crippen molar-refractivity contribution in [2.45, 2.75) is 6.54 Å². The Kier molecular flexibility index (Phi) is 4.16. The fourth-order valence-corrected chi connectivity index (χ4v) is 2.38. The topological polar surface area (TPSA) is 69.2 Å². The van der Waals surface area contributed by atoms with Crippen LogP contribution in [-0.2, 0) is 6.54 Å². The van der Waals surface area contributed by atoms with Gasteiger partial charge in [-0.1, -0.05) is 42.5 Å². The Morgan fingerprint density at radius 2 is 1.82 bits per heavy atom. The summed E-state index contributed by atoms with van der Waals surface area (Å²) < 4.78 is 0. The number of nitrogens with zero attached hydrogens (tertiary/aromatic N) is 2. The maximum Gasteiger partial charge on any atom is 0.290 e. The summed E-state index contributed by atoms with van der Waals surface area (Å²) in [6.07, 6.45) is 0. The maximum atomic E-state index is 12.6.